The van der Waals surface area contributed by atoms with Gasteiger partial charge in [-0.1, -0.05) is 20.8 Å². The highest BCUT2D eigenvalue weighted by molar-refractivity contribution is 5.73. The highest BCUT2D eigenvalue weighted by Gasteiger charge is 2.12. The number of hydrogen-bond acceptors (Lipinski definition) is 5. The lowest BCUT2D eigenvalue weighted by molar-refractivity contribution is -0.135. The molecule has 6 heteroatoms. The van der Waals surface area contributed by atoms with Crippen molar-refractivity contribution in [2.75, 3.05) is 24.6 Å². The van der Waals surface area contributed by atoms with Gasteiger partial charge in [0.15, 0.2) is 5.82 Å². The molecule has 0 saturated carbocycles. The molecule has 6 nitrogen and oxygen atoms in total. The van der Waals surface area contributed by atoms with Crippen LogP contribution in [0.5, 0.6) is 5.88 Å². The van der Waals surface area contributed by atoms with Crippen LogP contribution in [0.1, 0.15) is 27.2 Å². The van der Waals surface area contributed by atoms with Gasteiger partial charge in [-0.3, -0.25) is 9.78 Å². The molecule has 19 heavy (non-hydrogen) atoms. The molecule has 0 bridgehead atoms. The summed E-state index contributed by atoms with van der Waals surface area (Å²) in [4.78, 5) is 20.9. The monoisotopic (exact) mass is 267 g/mol. The minimum atomic E-state index is -0.885. The predicted molar refractivity (Wildman–Crippen MR) is 72.5 cm³/mol. The number of ether oxygens (including phenoxy) is 1. The van der Waals surface area contributed by atoms with E-state index in [0.717, 1.165) is 6.42 Å². The molecule has 0 saturated heterocycles. The SMILES string of the molecule is CCCN(CC(=O)O)c1cncc(OCC(C)C)n1. The molecule has 0 aliphatic carbocycles. The van der Waals surface area contributed by atoms with Crippen LogP contribution in [-0.2, 0) is 4.79 Å². The predicted octanol–water partition coefficient (Wildman–Crippen LogP) is 1.81. The molecule has 0 radical (unpaired) electrons. The maximum atomic E-state index is 10.8. The lowest BCUT2D eigenvalue weighted by Gasteiger charge is -2.21. The van der Waals surface area contributed by atoms with Gasteiger partial charge in [-0.2, -0.15) is 4.98 Å². The van der Waals surface area contributed by atoms with Crippen LogP contribution in [0.25, 0.3) is 0 Å². The van der Waals surface area contributed by atoms with Gasteiger partial charge in [0.2, 0.25) is 5.88 Å². The van der Waals surface area contributed by atoms with Crippen molar-refractivity contribution in [3.05, 3.63) is 12.4 Å². The average molecular weight is 267 g/mol. The Morgan fingerprint density at radius 2 is 2.21 bits per heavy atom. The zero-order valence-corrected chi connectivity index (χ0v) is 11.7. The van der Waals surface area contributed by atoms with E-state index in [9.17, 15) is 4.79 Å². The second kappa shape index (κ2) is 7.56. The third-order valence-electron chi connectivity index (χ3n) is 2.31. The second-order valence-corrected chi connectivity index (χ2v) is 4.74. The van der Waals surface area contributed by atoms with Crippen molar-refractivity contribution in [3.8, 4) is 5.88 Å². The number of hydrogen-bond donors (Lipinski definition) is 1. The van der Waals surface area contributed by atoms with Gasteiger partial charge < -0.3 is 14.7 Å². The summed E-state index contributed by atoms with van der Waals surface area (Å²) < 4.78 is 5.49. The van der Waals surface area contributed by atoms with Crippen LogP contribution in [0.3, 0.4) is 0 Å². The van der Waals surface area contributed by atoms with Gasteiger partial charge in [-0.05, 0) is 12.3 Å². The Balaban J connectivity index is 2.78. The number of nitrogens with zero attached hydrogens (tertiary/aromatic N) is 3. The summed E-state index contributed by atoms with van der Waals surface area (Å²) in [5, 5.41) is 8.90. The molecular weight excluding hydrogens is 246 g/mol. The zero-order valence-electron chi connectivity index (χ0n) is 11.7. The van der Waals surface area contributed by atoms with Crippen LogP contribution in [-0.4, -0.2) is 40.7 Å². The Hall–Kier alpha value is -1.85. The van der Waals surface area contributed by atoms with E-state index in [-0.39, 0.29) is 6.54 Å². The van der Waals surface area contributed by atoms with Gasteiger partial charge in [0.1, 0.15) is 6.54 Å². The van der Waals surface area contributed by atoms with Crippen LogP contribution in [0, 0.1) is 5.92 Å². The molecule has 0 atom stereocenters. The highest BCUT2D eigenvalue weighted by Crippen LogP contribution is 2.14. The molecule has 1 rings (SSSR count). The first-order valence-electron chi connectivity index (χ1n) is 6.44. The van der Waals surface area contributed by atoms with Crippen molar-refractivity contribution in [2.45, 2.75) is 27.2 Å². The number of carboxylic acid groups (broad SMARTS) is 1. The number of aromatic nitrogens is 2. The van der Waals surface area contributed by atoms with Crippen molar-refractivity contribution < 1.29 is 14.6 Å². The third-order valence-corrected chi connectivity index (χ3v) is 2.31. The van der Waals surface area contributed by atoms with Crippen LogP contribution in [0.15, 0.2) is 12.4 Å². The minimum Gasteiger partial charge on any atom is -0.480 e. The largest absolute Gasteiger partial charge is 0.480 e. The highest BCUT2D eigenvalue weighted by atomic mass is 16.5. The number of aliphatic carboxylic acids is 1. The summed E-state index contributed by atoms with van der Waals surface area (Å²) >= 11 is 0. The standard InChI is InChI=1S/C13H21N3O3/c1-4-5-16(8-13(17)18)11-6-14-7-12(15-11)19-9-10(2)3/h6-7,10H,4-5,8-9H2,1-3H3,(H,17,18). The number of carbonyl (C=O) groups is 1. The van der Waals surface area contributed by atoms with E-state index in [1.54, 1.807) is 11.1 Å². The van der Waals surface area contributed by atoms with Crippen LogP contribution >= 0.6 is 0 Å². The molecular formula is C13H21N3O3. The molecule has 1 N–H and O–H groups in total. The van der Waals surface area contributed by atoms with Gasteiger partial charge in [0.25, 0.3) is 0 Å². The maximum Gasteiger partial charge on any atom is 0.323 e. The van der Waals surface area contributed by atoms with Crippen LogP contribution in [0.4, 0.5) is 5.82 Å². The van der Waals surface area contributed by atoms with Gasteiger partial charge in [0, 0.05) is 6.54 Å². The number of anilines is 1. The molecule has 106 valence electrons. The third kappa shape index (κ3) is 5.54. The van der Waals surface area contributed by atoms with Crippen molar-refractivity contribution in [3.63, 3.8) is 0 Å². The van der Waals surface area contributed by atoms with Crippen molar-refractivity contribution >= 4 is 11.8 Å². The van der Waals surface area contributed by atoms with Gasteiger partial charge in [-0.25, -0.2) is 0 Å². The lowest BCUT2D eigenvalue weighted by atomic mass is 10.2. The Labute approximate surface area is 113 Å². The average Bonchev–Trinajstić information content (AvgIpc) is 2.36. The van der Waals surface area contributed by atoms with Crippen molar-refractivity contribution in [1.82, 2.24) is 9.97 Å². The fraction of sp³-hybridized carbons (Fsp3) is 0.615. The fourth-order valence-electron chi connectivity index (χ4n) is 1.52. The topological polar surface area (TPSA) is 75.6 Å². The summed E-state index contributed by atoms with van der Waals surface area (Å²) in [6.45, 7) is 7.17. The van der Waals surface area contributed by atoms with E-state index in [0.29, 0.717) is 30.8 Å². The van der Waals surface area contributed by atoms with E-state index in [4.69, 9.17) is 9.84 Å². The molecule has 0 amide bonds. The first-order valence-corrected chi connectivity index (χ1v) is 6.44. The molecule has 1 aromatic rings. The Kier molecular flexibility index (Phi) is 6.05. The molecule has 1 heterocycles. The van der Waals surface area contributed by atoms with E-state index < -0.39 is 5.97 Å². The summed E-state index contributed by atoms with van der Waals surface area (Å²) in [6.07, 6.45) is 3.93. The summed E-state index contributed by atoms with van der Waals surface area (Å²) in [6, 6.07) is 0. The minimum absolute atomic E-state index is 0.0871. The molecule has 0 spiro atoms. The summed E-state index contributed by atoms with van der Waals surface area (Å²) in [7, 11) is 0. The number of rotatable bonds is 8. The fourth-order valence-corrected chi connectivity index (χ4v) is 1.52. The molecule has 0 aromatic carbocycles. The van der Waals surface area contributed by atoms with Crippen molar-refractivity contribution in [1.29, 1.82) is 0 Å². The smallest absolute Gasteiger partial charge is 0.323 e. The zero-order chi connectivity index (χ0) is 14.3. The van der Waals surface area contributed by atoms with Gasteiger partial charge in [0.05, 0.1) is 19.0 Å². The Morgan fingerprint density at radius 1 is 1.47 bits per heavy atom. The Morgan fingerprint density at radius 3 is 2.79 bits per heavy atom. The van der Waals surface area contributed by atoms with Gasteiger partial charge in [-0.15, -0.1) is 0 Å². The van der Waals surface area contributed by atoms with E-state index in [1.807, 2.05) is 20.8 Å². The first kappa shape index (κ1) is 15.2. The van der Waals surface area contributed by atoms with Gasteiger partial charge >= 0.3 is 5.97 Å². The molecule has 0 unspecified atom stereocenters. The maximum absolute atomic E-state index is 10.8. The normalized spacial score (nSPS) is 10.5. The van der Waals surface area contributed by atoms with E-state index in [2.05, 4.69) is 9.97 Å². The second-order valence-electron chi connectivity index (χ2n) is 4.74. The van der Waals surface area contributed by atoms with Crippen molar-refractivity contribution in [2.24, 2.45) is 5.92 Å². The summed E-state index contributed by atoms with van der Waals surface area (Å²) in [5.74, 6) is 0.475. The molecule has 0 aliphatic rings. The number of carboxylic acids is 1. The summed E-state index contributed by atoms with van der Waals surface area (Å²) in [5.41, 5.74) is 0. The Bertz CT molecular complexity index is 410. The van der Waals surface area contributed by atoms with E-state index in [1.165, 1.54) is 6.20 Å². The quantitative estimate of drug-likeness (QED) is 0.774. The first-order chi connectivity index (χ1) is 9.02. The molecule has 0 fully saturated rings. The molecule has 1 aromatic heterocycles. The van der Waals surface area contributed by atoms with E-state index >= 15 is 0 Å². The van der Waals surface area contributed by atoms with Crippen LogP contribution < -0.4 is 9.64 Å². The van der Waals surface area contributed by atoms with Crippen LogP contribution in [0.2, 0.25) is 0 Å². The lowest BCUT2D eigenvalue weighted by Crippen LogP contribution is -2.31. The molecule has 0 aliphatic heterocycles.